The highest BCUT2D eigenvalue weighted by atomic mass is 35.5. The minimum absolute atomic E-state index is 0.0499. The predicted molar refractivity (Wildman–Crippen MR) is 117 cm³/mol. The second-order valence-electron chi connectivity index (χ2n) is 6.85. The number of nitrogens with zero attached hydrogens (tertiary/aromatic N) is 3. The zero-order valence-electron chi connectivity index (χ0n) is 15.6. The molecule has 0 saturated carbocycles. The first-order valence-electron chi connectivity index (χ1n) is 9.25. The van der Waals surface area contributed by atoms with Crippen LogP contribution in [-0.2, 0) is 11.3 Å². The van der Waals surface area contributed by atoms with Crippen LogP contribution in [0.15, 0.2) is 84.0 Å². The molecule has 146 valence electrons. The third-order valence-electron chi connectivity index (χ3n) is 4.77. The fraction of sp³-hybridized carbons (Fsp3) is 0.130. The maximum atomic E-state index is 12.8. The summed E-state index contributed by atoms with van der Waals surface area (Å²) in [6, 6.07) is 25.0. The van der Waals surface area contributed by atoms with Crippen LogP contribution in [0, 0.1) is 0 Å². The number of rotatable bonds is 5. The van der Waals surface area contributed by atoms with Crippen LogP contribution in [-0.4, -0.2) is 28.6 Å². The number of carbonyl (C=O) groups is 1. The molecule has 0 unspecified atom stereocenters. The van der Waals surface area contributed by atoms with E-state index in [2.05, 4.69) is 22.1 Å². The molecule has 1 aliphatic heterocycles. The maximum Gasteiger partial charge on any atom is 0.258 e. The molecule has 29 heavy (non-hydrogen) atoms. The van der Waals surface area contributed by atoms with Crippen molar-refractivity contribution in [2.45, 2.75) is 12.7 Å². The lowest BCUT2D eigenvalue weighted by Gasteiger charge is -2.27. The van der Waals surface area contributed by atoms with E-state index in [0.717, 1.165) is 16.7 Å². The van der Waals surface area contributed by atoms with Crippen LogP contribution in [0.1, 0.15) is 22.9 Å². The van der Waals surface area contributed by atoms with Crippen molar-refractivity contribution in [3.63, 3.8) is 0 Å². The van der Waals surface area contributed by atoms with Gasteiger partial charge in [-0.25, -0.2) is 5.01 Å². The molecule has 0 spiro atoms. The fourth-order valence-corrected chi connectivity index (χ4v) is 3.63. The molecule has 1 fully saturated rings. The summed E-state index contributed by atoms with van der Waals surface area (Å²) in [5.41, 5.74) is 2.98. The molecule has 1 saturated heterocycles. The van der Waals surface area contributed by atoms with Gasteiger partial charge in [0.25, 0.3) is 5.91 Å². The van der Waals surface area contributed by atoms with Crippen LogP contribution in [0.2, 0.25) is 10.0 Å². The van der Waals surface area contributed by atoms with E-state index in [9.17, 15) is 4.79 Å². The second-order valence-corrected chi connectivity index (χ2v) is 7.72. The van der Waals surface area contributed by atoms with E-state index in [1.807, 2.05) is 54.6 Å². The Hall–Kier alpha value is -2.66. The molecular formula is C23H19Cl2N3O. The van der Waals surface area contributed by atoms with Crippen LogP contribution < -0.4 is 0 Å². The summed E-state index contributed by atoms with van der Waals surface area (Å²) in [4.78, 5) is 14.9. The van der Waals surface area contributed by atoms with E-state index in [-0.39, 0.29) is 12.1 Å². The predicted octanol–water partition coefficient (Wildman–Crippen LogP) is 5.37. The standard InChI is InChI=1S/C23H19Cl2N3O/c24-20-10-6-17(7-11-20)14-26-28-22(29)16-27(15-18-4-2-1-3-5-18)23(28)19-8-12-21(25)13-9-19/h1-14,23H,15-16H2/b26-14-/t23-/m0/s1. The molecule has 6 heteroatoms. The van der Waals surface area contributed by atoms with E-state index >= 15 is 0 Å². The van der Waals surface area contributed by atoms with E-state index in [4.69, 9.17) is 23.2 Å². The zero-order valence-corrected chi connectivity index (χ0v) is 17.1. The Morgan fingerprint density at radius 1 is 0.897 bits per heavy atom. The zero-order chi connectivity index (χ0) is 20.2. The van der Waals surface area contributed by atoms with Crippen molar-refractivity contribution in [2.24, 2.45) is 5.10 Å². The van der Waals surface area contributed by atoms with Gasteiger partial charge in [-0.05, 0) is 41.0 Å². The summed E-state index contributed by atoms with van der Waals surface area (Å²) in [6.45, 7) is 0.937. The fourth-order valence-electron chi connectivity index (χ4n) is 3.38. The van der Waals surface area contributed by atoms with Gasteiger partial charge in [-0.1, -0.05) is 77.8 Å². The molecule has 3 aromatic rings. The quantitative estimate of drug-likeness (QED) is 0.517. The van der Waals surface area contributed by atoms with E-state index in [0.29, 0.717) is 23.1 Å². The second kappa shape index (κ2) is 8.78. The molecule has 0 bridgehead atoms. The summed E-state index contributed by atoms with van der Waals surface area (Å²) < 4.78 is 0. The third-order valence-corrected chi connectivity index (χ3v) is 5.27. The molecule has 0 radical (unpaired) electrons. The number of amides is 1. The summed E-state index contributed by atoms with van der Waals surface area (Å²) in [7, 11) is 0. The maximum absolute atomic E-state index is 12.8. The van der Waals surface area contributed by atoms with Gasteiger partial charge >= 0.3 is 0 Å². The topological polar surface area (TPSA) is 35.9 Å². The Balaban J connectivity index is 1.65. The van der Waals surface area contributed by atoms with Gasteiger partial charge in [0.1, 0.15) is 6.17 Å². The molecule has 1 aliphatic rings. The van der Waals surface area contributed by atoms with Crippen LogP contribution in [0.4, 0.5) is 0 Å². The molecule has 4 nitrogen and oxygen atoms in total. The van der Waals surface area contributed by atoms with Gasteiger partial charge in [-0.2, -0.15) is 5.10 Å². The first-order chi connectivity index (χ1) is 14.1. The number of hydrazone groups is 1. The molecule has 1 atom stereocenters. The SMILES string of the molecule is O=C1CN(Cc2ccccc2)[C@H](c2ccc(Cl)cc2)N1/N=C\c1ccc(Cl)cc1. The van der Waals surface area contributed by atoms with E-state index < -0.39 is 0 Å². The van der Waals surface area contributed by atoms with Gasteiger partial charge in [-0.3, -0.25) is 9.69 Å². The van der Waals surface area contributed by atoms with Crippen LogP contribution in [0.3, 0.4) is 0 Å². The minimum atomic E-state index is -0.302. The van der Waals surface area contributed by atoms with Crippen molar-refractivity contribution in [2.75, 3.05) is 6.54 Å². The van der Waals surface area contributed by atoms with Crippen molar-refractivity contribution >= 4 is 35.3 Å². The average molecular weight is 424 g/mol. The van der Waals surface area contributed by atoms with Gasteiger partial charge in [-0.15, -0.1) is 0 Å². The normalized spacial score (nSPS) is 17.4. The number of hydrogen-bond donors (Lipinski definition) is 0. The minimum Gasteiger partial charge on any atom is -0.271 e. The lowest BCUT2D eigenvalue weighted by molar-refractivity contribution is -0.128. The summed E-state index contributed by atoms with van der Waals surface area (Å²) in [5, 5.41) is 7.38. The van der Waals surface area contributed by atoms with Crippen LogP contribution >= 0.6 is 23.2 Å². The van der Waals surface area contributed by atoms with Gasteiger partial charge in [0.15, 0.2) is 0 Å². The Morgan fingerprint density at radius 3 is 2.17 bits per heavy atom. The van der Waals surface area contributed by atoms with Crippen molar-refractivity contribution < 1.29 is 4.79 Å². The highest BCUT2D eigenvalue weighted by Crippen LogP contribution is 2.33. The van der Waals surface area contributed by atoms with Gasteiger partial charge in [0.05, 0.1) is 12.8 Å². The van der Waals surface area contributed by atoms with Crippen molar-refractivity contribution in [3.8, 4) is 0 Å². The van der Waals surface area contributed by atoms with E-state index in [1.165, 1.54) is 0 Å². The lowest BCUT2D eigenvalue weighted by atomic mass is 10.1. The number of hydrogen-bond acceptors (Lipinski definition) is 3. The monoisotopic (exact) mass is 423 g/mol. The molecule has 4 rings (SSSR count). The molecular weight excluding hydrogens is 405 g/mol. The molecule has 0 aromatic heterocycles. The summed E-state index contributed by atoms with van der Waals surface area (Å²) >= 11 is 12.0. The first kappa shape index (κ1) is 19.6. The smallest absolute Gasteiger partial charge is 0.258 e. The van der Waals surface area contributed by atoms with Gasteiger partial charge in [0, 0.05) is 16.6 Å². The summed E-state index contributed by atoms with van der Waals surface area (Å²) in [6.07, 6.45) is 1.38. The number of halogens is 2. The third kappa shape index (κ3) is 4.67. The molecule has 1 amide bonds. The number of benzene rings is 3. The Bertz CT molecular complexity index is 1000. The van der Waals surface area contributed by atoms with E-state index in [1.54, 1.807) is 23.4 Å². The Kier molecular flexibility index (Phi) is 5.95. The van der Waals surface area contributed by atoms with Gasteiger partial charge < -0.3 is 0 Å². The molecule has 0 aliphatic carbocycles. The van der Waals surface area contributed by atoms with Crippen molar-refractivity contribution in [3.05, 3.63) is 106 Å². The summed E-state index contributed by atoms with van der Waals surface area (Å²) in [5.74, 6) is -0.0499. The largest absolute Gasteiger partial charge is 0.271 e. The lowest BCUT2D eigenvalue weighted by Crippen LogP contribution is -2.28. The van der Waals surface area contributed by atoms with Gasteiger partial charge in [0.2, 0.25) is 0 Å². The highest BCUT2D eigenvalue weighted by Gasteiger charge is 2.38. The first-order valence-corrected chi connectivity index (χ1v) is 10.0. The average Bonchev–Trinajstić information content (AvgIpc) is 3.04. The Morgan fingerprint density at radius 2 is 1.52 bits per heavy atom. The molecule has 3 aromatic carbocycles. The Labute approximate surface area is 180 Å². The molecule has 0 N–H and O–H groups in total. The van der Waals surface area contributed by atoms with Crippen LogP contribution in [0.25, 0.3) is 0 Å². The van der Waals surface area contributed by atoms with Crippen LogP contribution in [0.5, 0.6) is 0 Å². The number of carbonyl (C=O) groups excluding carboxylic acids is 1. The van der Waals surface area contributed by atoms with Crippen molar-refractivity contribution in [1.82, 2.24) is 9.91 Å². The van der Waals surface area contributed by atoms with Crippen molar-refractivity contribution in [1.29, 1.82) is 0 Å². The molecule has 1 heterocycles. The highest BCUT2D eigenvalue weighted by molar-refractivity contribution is 6.30.